The van der Waals surface area contributed by atoms with Crippen LogP contribution in [0.3, 0.4) is 0 Å². The maximum atomic E-state index is 13.6. The zero-order valence-corrected chi connectivity index (χ0v) is 10.5. The van der Waals surface area contributed by atoms with Gasteiger partial charge in [-0.1, -0.05) is 28.1 Å². The first-order valence-corrected chi connectivity index (χ1v) is 6.38. The zero-order chi connectivity index (χ0) is 9.42. The lowest BCUT2D eigenvalue weighted by Crippen LogP contribution is -1.84. The van der Waals surface area contributed by atoms with Crippen LogP contribution in [0, 0.1) is 5.82 Å². The highest BCUT2D eigenvalue weighted by atomic mass is 79.9. The van der Waals surface area contributed by atoms with Crippen molar-refractivity contribution in [1.29, 1.82) is 0 Å². The predicted octanol–water partition coefficient (Wildman–Crippen LogP) is 4.70. The van der Waals surface area contributed by atoms with Crippen LogP contribution in [-0.4, -0.2) is 0 Å². The van der Waals surface area contributed by atoms with E-state index in [1.807, 2.05) is 18.2 Å². The van der Waals surface area contributed by atoms with Gasteiger partial charge in [0.05, 0.1) is 8.49 Å². The summed E-state index contributed by atoms with van der Waals surface area (Å²) in [4.78, 5) is 0. The minimum atomic E-state index is -0.106. The lowest BCUT2D eigenvalue weighted by Gasteiger charge is -1.98. The van der Waals surface area contributed by atoms with Gasteiger partial charge in [0.25, 0.3) is 0 Å². The average Bonchev–Trinajstić information content (AvgIpc) is 2.47. The second kappa shape index (κ2) is 3.67. The molecule has 0 fully saturated rings. The average molecular weight is 324 g/mol. The van der Waals surface area contributed by atoms with Gasteiger partial charge in [-0.3, -0.25) is 0 Å². The summed E-state index contributed by atoms with van der Waals surface area (Å²) in [6, 6.07) is 5.68. The molecule has 0 aliphatic heterocycles. The van der Waals surface area contributed by atoms with Crippen molar-refractivity contribution >= 4 is 53.3 Å². The van der Waals surface area contributed by atoms with E-state index in [-0.39, 0.29) is 5.82 Å². The van der Waals surface area contributed by atoms with Crippen LogP contribution in [-0.2, 0) is 5.33 Å². The molecule has 0 bridgehead atoms. The third kappa shape index (κ3) is 1.67. The maximum Gasteiger partial charge on any atom is 0.145 e. The molecule has 2 aromatic rings. The van der Waals surface area contributed by atoms with Crippen LogP contribution >= 0.6 is 43.2 Å². The van der Waals surface area contributed by atoms with E-state index in [0.29, 0.717) is 10.9 Å². The Morgan fingerprint density at radius 1 is 1.38 bits per heavy atom. The zero-order valence-electron chi connectivity index (χ0n) is 6.48. The minimum Gasteiger partial charge on any atom is -0.205 e. The SMILES string of the molecule is Fc1c(CBr)ccc2cc(Br)sc12. The number of hydrogen-bond donors (Lipinski definition) is 0. The molecule has 0 unspecified atom stereocenters. The Hall–Kier alpha value is 0.0700. The summed E-state index contributed by atoms with van der Waals surface area (Å²) in [7, 11) is 0. The Balaban J connectivity index is 2.78. The standard InChI is InChI=1S/C9H5Br2FS/c10-4-6-2-1-5-3-7(11)13-9(5)8(6)12/h1-3H,4H2. The molecule has 0 saturated heterocycles. The highest BCUT2D eigenvalue weighted by Crippen LogP contribution is 2.33. The summed E-state index contributed by atoms with van der Waals surface area (Å²) in [5, 5.41) is 1.52. The fourth-order valence-corrected chi connectivity index (χ4v) is 3.19. The van der Waals surface area contributed by atoms with E-state index in [2.05, 4.69) is 31.9 Å². The molecular weight excluding hydrogens is 319 g/mol. The second-order valence-corrected chi connectivity index (χ2v) is 5.63. The number of benzene rings is 1. The molecule has 1 aromatic heterocycles. The van der Waals surface area contributed by atoms with E-state index in [1.54, 1.807) is 0 Å². The number of thiophene rings is 1. The second-order valence-electron chi connectivity index (χ2n) is 2.64. The van der Waals surface area contributed by atoms with Gasteiger partial charge in [-0.15, -0.1) is 11.3 Å². The topological polar surface area (TPSA) is 0 Å². The van der Waals surface area contributed by atoms with Gasteiger partial charge in [-0.05, 0) is 32.9 Å². The van der Waals surface area contributed by atoms with Crippen molar-refractivity contribution in [3.63, 3.8) is 0 Å². The summed E-state index contributed by atoms with van der Waals surface area (Å²) in [5.41, 5.74) is 0.710. The molecule has 2 rings (SSSR count). The lowest BCUT2D eigenvalue weighted by atomic mass is 10.2. The van der Waals surface area contributed by atoms with Crippen molar-refractivity contribution in [2.45, 2.75) is 5.33 Å². The molecule has 1 heterocycles. The van der Waals surface area contributed by atoms with Gasteiger partial charge in [0, 0.05) is 5.33 Å². The molecule has 0 nitrogen and oxygen atoms in total. The Bertz CT molecular complexity index is 450. The van der Waals surface area contributed by atoms with E-state index in [9.17, 15) is 4.39 Å². The van der Waals surface area contributed by atoms with E-state index in [4.69, 9.17) is 0 Å². The maximum absolute atomic E-state index is 13.6. The number of fused-ring (bicyclic) bond motifs is 1. The van der Waals surface area contributed by atoms with Gasteiger partial charge in [0.1, 0.15) is 5.82 Å². The number of halogens is 3. The molecule has 0 saturated carbocycles. The molecule has 0 radical (unpaired) electrons. The highest BCUT2D eigenvalue weighted by Gasteiger charge is 2.08. The first kappa shape index (κ1) is 9.62. The van der Waals surface area contributed by atoms with Crippen LogP contribution in [0.4, 0.5) is 4.39 Å². The molecule has 4 heteroatoms. The quantitative estimate of drug-likeness (QED) is 0.667. The Labute approximate surface area is 96.0 Å². The molecule has 0 spiro atoms. The van der Waals surface area contributed by atoms with Crippen molar-refractivity contribution in [2.24, 2.45) is 0 Å². The van der Waals surface area contributed by atoms with Crippen LogP contribution in [0.25, 0.3) is 10.1 Å². The Morgan fingerprint density at radius 3 is 2.85 bits per heavy atom. The molecule has 68 valence electrons. The highest BCUT2D eigenvalue weighted by molar-refractivity contribution is 9.11. The third-order valence-electron chi connectivity index (χ3n) is 1.82. The van der Waals surface area contributed by atoms with Crippen LogP contribution in [0.5, 0.6) is 0 Å². The number of rotatable bonds is 1. The summed E-state index contributed by atoms with van der Waals surface area (Å²) in [5.74, 6) is -0.106. The van der Waals surface area contributed by atoms with Crippen molar-refractivity contribution in [3.8, 4) is 0 Å². The molecular formula is C9H5Br2FS. The molecule has 0 amide bonds. The van der Waals surface area contributed by atoms with E-state index < -0.39 is 0 Å². The Kier molecular flexibility index (Phi) is 2.72. The van der Waals surface area contributed by atoms with Crippen LogP contribution in [0.2, 0.25) is 0 Å². The smallest absolute Gasteiger partial charge is 0.145 e. The normalized spacial score (nSPS) is 11.0. The van der Waals surface area contributed by atoms with Gasteiger partial charge >= 0.3 is 0 Å². The monoisotopic (exact) mass is 322 g/mol. The number of alkyl halides is 1. The fourth-order valence-electron chi connectivity index (χ4n) is 1.18. The predicted molar refractivity (Wildman–Crippen MR) is 62.1 cm³/mol. The van der Waals surface area contributed by atoms with Crippen LogP contribution < -0.4 is 0 Å². The van der Waals surface area contributed by atoms with Gasteiger partial charge < -0.3 is 0 Å². The molecule has 1 aromatic carbocycles. The first-order valence-electron chi connectivity index (χ1n) is 3.65. The van der Waals surface area contributed by atoms with Crippen molar-refractivity contribution in [1.82, 2.24) is 0 Å². The van der Waals surface area contributed by atoms with Crippen LogP contribution in [0.1, 0.15) is 5.56 Å². The first-order chi connectivity index (χ1) is 6.22. The van der Waals surface area contributed by atoms with Crippen molar-refractivity contribution in [2.75, 3.05) is 0 Å². The van der Waals surface area contributed by atoms with E-state index in [1.165, 1.54) is 11.3 Å². The molecule has 0 N–H and O–H groups in total. The minimum absolute atomic E-state index is 0.106. The van der Waals surface area contributed by atoms with Gasteiger partial charge in [0.2, 0.25) is 0 Å². The fraction of sp³-hybridized carbons (Fsp3) is 0.111. The van der Waals surface area contributed by atoms with Crippen molar-refractivity contribution < 1.29 is 4.39 Å². The largest absolute Gasteiger partial charge is 0.205 e. The Morgan fingerprint density at radius 2 is 2.15 bits per heavy atom. The molecule has 0 aliphatic carbocycles. The summed E-state index contributed by atoms with van der Waals surface area (Å²) < 4.78 is 15.3. The summed E-state index contributed by atoms with van der Waals surface area (Å²) in [6.07, 6.45) is 0. The third-order valence-corrected chi connectivity index (χ3v) is 4.07. The molecule has 13 heavy (non-hydrogen) atoms. The van der Waals surface area contributed by atoms with E-state index in [0.717, 1.165) is 13.9 Å². The number of hydrogen-bond acceptors (Lipinski definition) is 1. The van der Waals surface area contributed by atoms with Crippen LogP contribution in [0.15, 0.2) is 22.0 Å². The summed E-state index contributed by atoms with van der Waals surface area (Å²) >= 11 is 8.03. The lowest BCUT2D eigenvalue weighted by molar-refractivity contribution is 0.632. The van der Waals surface area contributed by atoms with E-state index >= 15 is 0 Å². The van der Waals surface area contributed by atoms with Gasteiger partial charge in [-0.2, -0.15) is 0 Å². The summed E-state index contributed by atoms with van der Waals surface area (Å²) in [6.45, 7) is 0. The molecule has 0 atom stereocenters. The van der Waals surface area contributed by atoms with Gasteiger partial charge in [0.15, 0.2) is 0 Å². The van der Waals surface area contributed by atoms with Gasteiger partial charge in [-0.25, -0.2) is 4.39 Å². The molecule has 0 aliphatic rings. The van der Waals surface area contributed by atoms with Crippen molar-refractivity contribution in [3.05, 3.63) is 33.4 Å².